The Hall–Kier alpha value is -3.32. The summed E-state index contributed by atoms with van der Waals surface area (Å²) in [5.74, 6) is -0.0811. The summed E-state index contributed by atoms with van der Waals surface area (Å²) in [6.45, 7) is 4.88. The lowest BCUT2D eigenvalue weighted by molar-refractivity contribution is -0.139. The second kappa shape index (κ2) is 10.1. The Kier molecular flexibility index (Phi) is 7.43. The van der Waals surface area contributed by atoms with Crippen LogP contribution in [0.3, 0.4) is 0 Å². The normalized spacial score (nSPS) is 17.7. The van der Waals surface area contributed by atoms with E-state index in [0.717, 1.165) is 23.2 Å². The number of hydrogen-bond acceptors (Lipinski definition) is 6. The van der Waals surface area contributed by atoms with Crippen LogP contribution in [0.4, 0.5) is 0 Å². The average molecular weight is 453 g/mol. The zero-order valence-electron chi connectivity index (χ0n) is 20.1. The Morgan fingerprint density at radius 2 is 1.70 bits per heavy atom. The van der Waals surface area contributed by atoms with E-state index in [2.05, 4.69) is 0 Å². The van der Waals surface area contributed by atoms with Gasteiger partial charge in [0.25, 0.3) is 11.7 Å². The molecule has 0 aromatic heterocycles. The van der Waals surface area contributed by atoms with Crippen molar-refractivity contribution < 1.29 is 24.2 Å². The van der Waals surface area contributed by atoms with Gasteiger partial charge in [0.1, 0.15) is 17.3 Å². The van der Waals surface area contributed by atoms with Crippen LogP contribution in [-0.2, 0) is 9.59 Å². The summed E-state index contributed by atoms with van der Waals surface area (Å²) < 4.78 is 10.6. The molecule has 0 saturated carbocycles. The van der Waals surface area contributed by atoms with Crippen LogP contribution in [0.5, 0.6) is 11.5 Å². The molecule has 1 fully saturated rings. The van der Waals surface area contributed by atoms with Gasteiger partial charge in [-0.3, -0.25) is 9.59 Å². The Balaban J connectivity index is 2.14. The Labute approximate surface area is 195 Å². The highest BCUT2D eigenvalue weighted by molar-refractivity contribution is 6.46. The van der Waals surface area contributed by atoms with Crippen molar-refractivity contribution in [2.75, 3.05) is 41.4 Å². The van der Waals surface area contributed by atoms with Crippen LogP contribution in [0.2, 0.25) is 0 Å². The average Bonchev–Trinajstić information content (AvgIpc) is 3.04. The van der Waals surface area contributed by atoms with E-state index in [1.807, 2.05) is 51.0 Å². The van der Waals surface area contributed by atoms with Gasteiger partial charge in [0.2, 0.25) is 0 Å². The maximum Gasteiger partial charge on any atom is 0.295 e. The number of benzene rings is 2. The number of aliphatic hydroxyl groups excluding tert-OH is 1. The number of nitrogens with zero attached hydrogens (tertiary/aromatic N) is 2. The van der Waals surface area contributed by atoms with E-state index in [1.165, 1.54) is 0 Å². The highest BCUT2D eigenvalue weighted by Crippen LogP contribution is 2.41. The van der Waals surface area contributed by atoms with E-state index in [1.54, 1.807) is 37.3 Å². The molecule has 1 N–H and O–H groups in total. The van der Waals surface area contributed by atoms with Crippen molar-refractivity contribution in [1.29, 1.82) is 0 Å². The van der Waals surface area contributed by atoms with E-state index in [4.69, 9.17) is 9.47 Å². The molecule has 1 atom stereocenters. The number of amides is 1. The van der Waals surface area contributed by atoms with Gasteiger partial charge in [-0.2, -0.15) is 0 Å². The van der Waals surface area contributed by atoms with Gasteiger partial charge in [0, 0.05) is 12.1 Å². The summed E-state index contributed by atoms with van der Waals surface area (Å²) in [6.07, 6.45) is 0.702. The van der Waals surface area contributed by atoms with Gasteiger partial charge in [-0.15, -0.1) is 0 Å². The lowest BCUT2D eigenvalue weighted by atomic mass is 9.93. The molecule has 0 aliphatic carbocycles. The summed E-state index contributed by atoms with van der Waals surface area (Å²) in [4.78, 5) is 29.8. The molecule has 176 valence electrons. The van der Waals surface area contributed by atoms with Crippen LogP contribution in [0.1, 0.15) is 34.7 Å². The fraction of sp³-hybridized carbons (Fsp3) is 0.385. The van der Waals surface area contributed by atoms with Crippen molar-refractivity contribution >= 4 is 17.4 Å². The third kappa shape index (κ3) is 4.88. The molecule has 1 aliphatic heterocycles. The number of hydrogen-bond donors (Lipinski definition) is 1. The van der Waals surface area contributed by atoms with Crippen LogP contribution in [0, 0.1) is 13.8 Å². The lowest BCUT2D eigenvalue weighted by Crippen LogP contribution is -2.32. The zero-order chi connectivity index (χ0) is 24.3. The van der Waals surface area contributed by atoms with Crippen molar-refractivity contribution in [1.82, 2.24) is 9.80 Å². The highest BCUT2D eigenvalue weighted by atomic mass is 16.5. The zero-order valence-corrected chi connectivity index (χ0v) is 20.1. The van der Waals surface area contributed by atoms with Crippen LogP contribution in [-0.4, -0.2) is 68.0 Å². The number of methoxy groups -OCH3 is 2. The predicted octanol–water partition coefficient (Wildman–Crippen LogP) is 3.69. The summed E-state index contributed by atoms with van der Waals surface area (Å²) >= 11 is 0. The molecule has 2 aromatic rings. The highest BCUT2D eigenvalue weighted by Gasteiger charge is 2.46. The SMILES string of the molecule is COc1ccc(C2/C(=C(\O)c3cc(C)c(OC)cc3C)C(=O)C(=O)N2CCCN(C)C)cc1. The maximum atomic E-state index is 13.2. The molecule has 33 heavy (non-hydrogen) atoms. The van der Waals surface area contributed by atoms with Gasteiger partial charge >= 0.3 is 0 Å². The van der Waals surface area contributed by atoms with Crippen LogP contribution in [0.15, 0.2) is 42.0 Å². The molecule has 0 bridgehead atoms. The molecule has 1 heterocycles. The number of likely N-dealkylation sites (tertiary alicyclic amines) is 1. The lowest BCUT2D eigenvalue weighted by Gasteiger charge is -2.26. The van der Waals surface area contributed by atoms with Crippen molar-refractivity contribution in [3.63, 3.8) is 0 Å². The maximum absolute atomic E-state index is 13.2. The quantitative estimate of drug-likeness (QED) is 0.374. The van der Waals surface area contributed by atoms with E-state index in [-0.39, 0.29) is 11.3 Å². The molecule has 1 unspecified atom stereocenters. The number of carbonyl (C=O) groups excluding carboxylic acids is 2. The largest absolute Gasteiger partial charge is 0.507 e. The minimum Gasteiger partial charge on any atom is -0.507 e. The molecule has 1 aliphatic rings. The smallest absolute Gasteiger partial charge is 0.295 e. The van der Waals surface area contributed by atoms with Crippen LogP contribution in [0.25, 0.3) is 5.76 Å². The Morgan fingerprint density at radius 3 is 2.27 bits per heavy atom. The second-order valence-electron chi connectivity index (χ2n) is 8.56. The number of rotatable bonds is 8. The number of aliphatic hydroxyl groups is 1. The van der Waals surface area contributed by atoms with Crippen molar-refractivity contribution in [2.24, 2.45) is 0 Å². The molecule has 7 nitrogen and oxygen atoms in total. The van der Waals surface area contributed by atoms with E-state index in [0.29, 0.717) is 30.0 Å². The first-order valence-corrected chi connectivity index (χ1v) is 10.9. The molecule has 0 spiro atoms. The standard InChI is InChI=1S/C26H32N2O5/c1-16-15-21(33-6)17(2)14-20(16)24(29)22-23(18-8-10-19(32-5)11-9-18)28(26(31)25(22)30)13-7-12-27(3)4/h8-11,14-15,23,29H,7,12-13H2,1-6H3/b24-22+. The van der Waals surface area contributed by atoms with Crippen molar-refractivity contribution in [3.8, 4) is 11.5 Å². The predicted molar refractivity (Wildman–Crippen MR) is 128 cm³/mol. The third-order valence-electron chi connectivity index (χ3n) is 5.97. The second-order valence-corrected chi connectivity index (χ2v) is 8.56. The molecular weight excluding hydrogens is 420 g/mol. The number of Topliss-reactive ketones (excluding diaryl/α,β-unsaturated/α-hetero) is 1. The number of carbonyl (C=O) groups is 2. The van der Waals surface area contributed by atoms with E-state index >= 15 is 0 Å². The van der Waals surface area contributed by atoms with E-state index in [9.17, 15) is 14.7 Å². The van der Waals surface area contributed by atoms with Gasteiger partial charge in [0.05, 0.1) is 25.8 Å². The summed E-state index contributed by atoms with van der Waals surface area (Å²) in [5, 5.41) is 11.3. The third-order valence-corrected chi connectivity index (χ3v) is 5.97. The fourth-order valence-corrected chi connectivity index (χ4v) is 4.21. The topological polar surface area (TPSA) is 79.3 Å². The fourth-order valence-electron chi connectivity index (χ4n) is 4.21. The number of aryl methyl sites for hydroxylation is 2. The summed E-state index contributed by atoms with van der Waals surface area (Å²) in [5.41, 5.74) is 2.93. The van der Waals surface area contributed by atoms with Crippen molar-refractivity contribution in [3.05, 3.63) is 64.2 Å². The molecule has 2 aromatic carbocycles. The van der Waals surface area contributed by atoms with Gasteiger partial charge < -0.3 is 24.4 Å². The first kappa shape index (κ1) is 24.3. The molecule has 1 saturated heterocycles. The number of ketones is 1. The molecule has 1 amide bonds. The minimum absolute atomic E-state index is 0.0997. The monoisotopic (exact) mass is 452 g/mol. The van der Waals surface area contributed by atoms with Gasteiger partial charge in [-0.05, 0) is 81.9 Å². The first-order chi connectivity index (χ1) is 15.7. The van der Waals surface area contributed by atoms with Crippen LogP contribution >= 0.6 is 0 Å². The summed E-state index contributed by atoms with van der Waals surface area (Å²) in [7, 11) is 7.09. The van der Waals surface area contributed by atoms with Crippen molar-refractivity contribution in [2.45, 2.75) is 26.3 Å². The Bertz CT molecular complexity index is 1070. The number of ether oxygens (including phenoxy) is 2. The van der Waals surface area contributed by atoms with Gasteiger partial charge in [0.15, 0.2) is 0 Å². The Morgan fingerprint density at radius 1 is 1.03 bits per heavy atom. The summed E-state index contributed by atoms with van der Waals surface area (Å²) in [6, 6.07) is 10.2. The van der Waals surface area contributed by atoms with Gasteiger partial charge in [-0.1, -0.05) is 12.1 Å². The molecular formula is C26H32N2O5. The first-order valence-electron chi connectivity index (χ1n) is 10.9. The molecule has 0 radical (unpaired) electrons. The van der Waals surface area contributed by atoms with Crippen LogP contribution < -0.4 is 9.47 Å². The molecule has 3 rings (SSSR count). The molecule has 7 heteroatoms. The van der Waals surface area contributed by atoms with Gasteiger partial charge in [-0.25, -0.2) is 0 Å². The van der Waals surface area contributed by atoms with E-state index < -0.39 is 17.7 Å². The minimum atomic E-state index is -0.681.